The Labute approximate surface area is 121 Å². The Kier molecular flexibility index (Phi) is 6.52. The van der Waals surface area contributed by atoms with Gasteiger partial charge in [-0.05, 0) is 44.9 Å². The van der Waals surface area contributed by atoms with Gasteiger partial charge in [0, 0.05) is 12.6 Å². The number of carbonyl (C=O) groups excluding carboxylic acids is 1. The predicted octanol–water partition coefficient (Wildman–Crippen LogP) is 2.57. The topological polar surface area (TPSA) is 38.8 Å². The highest BCUT2D eigenvalue weighted by molar-refractivity contribution is 5.71. The third kappa shape index (κ3) is 5.21. The number of carbonyl (C=O) groups is 1. The van der Waals surface area contributed by atoms with Crippen molar-refractivity contribution in [2.24, 2.45) is 0 Å². The lowest BCUT2D eigenvalue weighted by Gasteiger charge is -2.25. The van der Waals surface area contributed by atoms with E-state index in [0.29, 0.717) is 19.7 Å². The molecule has 0 atom stereocenters. The Morgan fingerprint density at radius 2 is 2.00 bits per heavy atom. The first-order valence-corrected chi connectivity index (χ1v) is 6.95. The van der Waals surface area contributed by atoms with E-state index in [2.05, 4.69) is 26.0 Å². The van der Waals surface area contributed by atoms with Crippen LogP contribution in [0.15, 0.2) is 18.2 Å². The summed E-state index contributed by atoms with van der Waals surface area (Å²) in [6.45, 7) is 9.74. The molecular formula is C16H25NO3. The maximum atomic E-state index is 11.4. The Hall–Kier alpha value is -1.55. The fourth-order valence-electron chi connectivity index (χ4n) is 1.89. The lowest BCUT2D eigenvalue weighted by Crippen LogP contribution is -2.39. The molecule has 1 aromatic rings. The molecule has 0 saturated heterocycles. The standard InChI is InChI=1S/C16H25NO3/c1-12(2)17(11-16(18)19-5)8-9-20-15-10-13(3)6-7-14(15)4/h6-7,10,12H,8-9,11H2,1-5H3. The molecule has 0 saturated carbocycles. The second-order valence-corrected chi connectivity index (χ2v) is 5.26. The van der Waals surface area contributed by atoms with Gasteiger partial charge in [-0.2, -0.15) is 0 Å². The molecule has 0 heterocycles. The second-order valence-electron chi connectivity index (χ2n) is 5.26. The van der Waals surface area contributed by atoms with Gasteiger partial charge in [-0.3, -0.25) is 9.69 Å². The minimum Gasteiger partial charge on any atom is -0.492 e. The normalized spacial score (nSPS) is 10.9. The van der Waals surface area contributed by atoms with Gasteiger partial charge in [0.1, 0.15) is 12.4 Å². The molecule has 0 aliphatic heterocycles. The number of benzene rings is 1. The maximum absolute atomic E-state index is 11.4. The van der Waals surface area contributed by atoms with Crippen molar-refractivity contribution in [3.8, 4) is 5.75 Å². The number of nitrogens with zero attached hydrogens (tertiary/aromatic N) is 1. The van der Waals surface area contributed by atoms with Crippen molar-refractivity contribution in [1.29, 1.82) is 0 Å². The fourth-order valence-corrected chi connectivity index (χ4v) is 1.89. The zero-order valence-electron chi connectivity index (χ0n) is 13.1. The van der Waals surface area contributed by atoms with Crippen LogP contribution in [-0.4, -0.2) is 43.7 Å². The van der Waals surface area contributed by atoms with Crippen LogP contribution in [0.5, 0.6) is 5.75 Å². The summed E-state index contributed by atoms with van der Waals surface area (Å²) in [4.78, 5) is 13.4. The molecule has 0 unspecified atom stereocenters. The van der Waals surface area contributed by atoms with Gasteiger partial charge < -0.3 is 9.47 Å². The summed E-state index contributed by atoms with van der Waals surface area (Å²) in [6.07, 6.45) is 0. The van der Waals surface area contributed by atoms with Crippen molar-refractivity contribution in [3.05, 3.63) is 29.3 Å². The van der Waals surface area contributed by atoms with Crippen LogP contribution in [0.1, 0.15) is 25.0 Å². The number of hydrogen-bond donors (Lipinski definition) is 0. The number of aryl methyl sites for hydroxylation is 2. The van der Waals surface area contributed by atoms with Crippen LogP contribution in [0.2, 0.25) is 0 Å². The number of hydrogen-bond acceptors (Lipinski definition) is 4. The molecule has 1 aromatic carbocycles. The highest BCUT2D eigenvalue weighted by Gasteiger charge is 2.14. The number of ether oxygens (including phenoxy) is 2. The SMILES string of the molecule is COC(=O)CN(CCOc1cc(C)ccc1C)C(C)C. The molecule has 4 nitrogen and oxygen atoms in total. The lowest BCUT2D eigenvalue weighted by atomic mass is 10.1. The largest absolute Gasteiger partial charge is 0.492 e. The van der Waals surface area contributed by atoms with E-state index >= 15 is 0 Å². The zero-order chi connectivity index (χ0) is 15.1. The van der Waals surface area contributed by atoms with Gasteiger partial charge in [-0.1, -0.05) is 12.1 Å². The van der Waals surface area contributed by atoms with E-state index < -0.39 is 0 Å². The summed E-state index contributed by atoms with van der Waals surface area (Å²) < 4.78 is 10.5. The number of esters is 1. The Bertz CT molecular complexity index is 443. The monoisotopic (exact) mass is 279 g/mol. The minimum absolute atomic E-state index is 0.217. The average Bonchev–Trinajstić information content (AvgIpc) is 2.41. The first-order valence-electron chi connectivity index (χ1n) is 6.95. The molecule has 0 amide bonds. The molecule has 0 fully saturated rings. The second kappa shape index (κ2) is 7.90. The van der Waals surface area contributed by atoms with E-state index in [1.807, 2.05) is 24.8 Å². The van der Waals surface area contributed by atoms with Crippen LogP contribution in [-0.2, 0) is 9.53 Å². The molecule has 0 aliphatic carbocycles. The first-order chi connectivity index (χ1) is 9.43. The Morgan fingerprint density at radius 1 is 1.30 bits per heavy atom. The molecule has 0 aromatic heterocycles. The minimum atomic E-state index is -0.217. The van der Waals surface area contributed by atoms with Gasteiger partial charge in [0.2, 0.25) is 0 Å². The maximum Gasteiger partial charge on any atom is 0.319 e. The number of methoxy groups -OCH3 is 1. The summed E-state index contributed by atoms with van der Waals surface area (Å²) in [7, 11) is 1.41. The lowest BCUT2D eigenvalue weighted by molar-refractivity contribution is -0.142. The number of rotatable bonds is 7. The molecule has 20 heavy (non-hydrogen) atoms. The van der Waals surface area contributed by atoms with E-state index in [0.717, 1.165) is 11.3 Å². The van der Waals surface area contributed by atoms with E-state index in [1.165, 1.54) is 12.7 Å². The van der Waals surface area contributed by atoms with Gasteiger partial charge in [-0.25, -0.2) is 0 Å². The average molecular weight is 279 g/mol. The van der Waals surface area contributed by atoms with Crippen LogP contribution in [0.4, 0.5) is 0 Å². The quantitative estimate of drug-likeness (QED) is 0.719. The first kappa shape index (κ1) is 16.5. The molecule has 0 spiro atoms. The molecule has 1 rings (SSSR count). The molecular weight excluding hydrogens is 254 g/mol. The Morgan fingerprint density at radius 3 is 2.60 bits per heavy atom. The van der Waals surface area contributed by atoms with E-state index in [4.69, 9.17) is 9.47 Å². The van der Waals surface area contributed by atoms with Gasteiger partial charge >= 0.3 is 5.97 Å². The molecule has 112 valence electrons. The van der Waals surface area contributed by atoms with E-state index in [-0.39, 0.29) is 12.0 Å². The summed E-state index contributed by atoms with van der Waals surface area (Å²) in [5.41, 5.74) is 2.31. The predicted molar refractivity (Wildman–Crippen MR) is 80.1 cm³/mol. The van der Waals surface area contributed by atoms with Crippen molar-refractivity contribution < 1.29 is 14.3 Å². The highest BCUT2D eigenvalue weighted by Crippen LogP contribution is 2.19. The van der Waals surface area contributed by atoms with Crippen molar-refractivity contribution in [3.63, 3.8) is 0 Å². The van der Waals surface area contributed by atoms with Crippen LogP contribution in [0, 0.1) is 13.8 Å². The van der Waals surface area contributed by atoms with Gasteiger partial charge in [-0.15, -0.1) is 0 Å². The summed E-state index contributed by atoms with van der Waals surface area (Å²) >= 11 is 0. The van der Waals surface area contributed by atoms with Crippen LogP contribution in [0.3, 0.4) is 0 Å². The van der Waals surface area contributed by atoms with Crippen molar-refractivity contribution >= 4 is 5.97 Å². The summed E-state index contributed by atoms with van der Waals surface area (Å²) in [5.74, 6) is 0.692. The van der Waals surface area contributed by atoms with Gasteiger partial charge in [0.05, 0.1) is 13.7 Å². The van der Waals surface area contributed by atoms with Crippen molar-refractivity contribution in [1.82, 2.24) is 4.90 Å². The molecule has 4 heteroatoms. The molecule has 0 N–H and O–H groups in total. The fraction of sp³-hybridized carbons (Fsp3) is 0.562. The van der Waals surface area contributed by atoms with Crippen molar-refractivity contribution in [2.45, 2.75) is 33.7 Å². The van der Waals surface area contributed by atoms with Gasteiger partial charge in [0.15, 0.2) is 0 Å². The van der Waals surface area contributed by atoms with Crippen molar-refractivity contribution in [2.75, 3.05) is 26.8 Å². The smallest absolute Gasteiger partial charge is 0.319 e. The van der Waals surface area contributed by atoms with E-state index in [9.17, 15) is 4.79 Å². The molecule has 0 aliphatic rings. The van der Waals surface area contributed by atoms with Crippen LogP contribution < -0.4 is 4.74 Å². The van der Waals surface area contributed by atoms with Crippen LogP contribution in [0.25, 0.3) is 0 Å². The van der Waals surface area contributed by atoms with Gasteiger partial charge in [0.25, 0.3) is 0 Å². The third-order valence-corrected chi connectivity index (χ3v) is 3.27. The van der Waals surface area contributed by atoms with E-state index in [1.54, 1.807) is 0 Å². The third-order valence-electron chi connectivity index (χ3n) is 3.27. The molecule has 0 bridgehead atoms. The highest BCUT2D eigenvalue weighted by atomic mass is 16.5. The molecule has 0 radical (unpaired) electrons. The van der Waals surface area contributed by atoms with Crippen LogP contribution >= 0.6 is 0 Å². The zero-order valence-corrected chi connectivity index (χ0v) is 13.1. The summed E-state index contributed by atoms with van der Waals surface area (Å²) in [6, 6.07) is 6.44. The summed E-state index contributed by atoms with van der Waals surface area (Å²) in [5, 5.41) is 0. The Balaban J connectivity index is 2.51.